The molecular formula is C19H16N2O4. The van der Waals surface area contributed by atoms with Crippen LogP contribution in [0.15, 0.2) is 60.7 Å². The van der Waals surface area contributed by atoms with Crippen molar-refractivity contribution in [2.24, 2.45) is 0 Å². The molecule has 0 saturated carbocycles. The third-order valence-electron chi connectivity index (χ3n) is 3.98. The van der Waals surface area contributed by atoms with E-state index in [1.165, 1.54) is 6.07 Å². The number of rotatable bonds is 6. The van der Waals surface area contributed by atoms with Gasteiger partial charge >= 0.3 is 5.97 Å². The lowest BCUT2D eigenvalue weighted by molar-refractivity contribution is -0.385. The van der Waals surface area contributed by atoms with Crippen LogP contribution in [-0.4, -0.2) is 16.0 Å². The van der Waals surface area contributed by atoms with Crippen LogP contribution in [0.3, 0.4) is 0 Å². The zero-order chi connectivity index (χ0) is 17.8. The van der Waals surface area contributed by atoms with E-state index in [0.29, 0.717) is 17.6 Å². The highest BCUT2D eigenvalue weighted by Crippen LogP contribution is 2.35. The first-order valence-corrected chi connectivity index (χ1v) is 7.75. The molecule has 0 bridgehead atoms. The van der Waals surface area contributed by atoms with Crippen LogP contribution in [0.4, 0.5) is 11.4 Å². The summed E-state index contributed by atoms with van der Waals surface area (Å²) in [5, 5.41) is 25.1. The molecule has 6 heteroatoms. The van der Waals surface area contributed by atoms with Gasteiger partial charge in [-0.2, -0.15) is 0 Å². The van der Waals surface area contributed by atoms with E-state index in [1.54, 1.807) is 12.1 Å². The van der Waals surface area contributed by atoms with Crippen LogP contribution in [0.2, 0.25) is 0 Å². The fourth-order valence-electron chi connectivity index (χ4n) is 2.86. The third-order valence-corrected chi connectivity index (χ3v) is 3.98. The van der Waals surface area contributed by atoms with Gasteiger partial charge in [-0.1, -0.05) is 54.6 Å². The van der Waals surface area contributed by atoms with Crippen molar-refractivity contribution >= 4 is 28.1 Å². The summed E-state index contributed by atoms with van der Waals surface area (Å²) < 4.78 is 0. The molecular weight excluding hydrogens is 320 g/mol. The second-order valence-electron chi connectivity index (χ2n) is 5.63. The molecule has 0 aliphatic carbocycles. The van der Waals surface area contributed by atoms with Gasteiger partial charge < -0.3 is 10.4 Å². The van der Waals surface area contributed by atoms with Gasteiger partial charge in [-0.3, -0.25) is 14.9 Å². The monoisotopic (exact) mass is 336 g/mol. The first-order valence-electron chi connectivity index (χ1n) is 7.75. The zero-order valence-corrected chi connectivity index (χ0v) is 13.3. The number of anilines is 1. The Morgan fingerprint density at radius 3 is 2.32 bits per heavy atom. The number of hydrogen-bond donors (Lipinski definition) is 2. The number of hydrogen-bond acceptors (Lipinski definition) is 4. The smallest absolute Gasteiger partial charge is 0.308 e. The predicted molar refractivity (Wildman–Crippen MR) is 95.7 cm³/mol. The summed E-state index contributed by atoms with van der Waals surface area (Å²) >= 11 is 0. The van der Waals surface area contributed by atoms with Gasteiger partial charge in [0.05, 0.1) is 11.3 Å². The maximum atomic E-state index is 11.5. The van der Waals surface area contributed by atoms with Crippen molar-refractivity contribution in [3.63, 3.8) is 0 Å². The molecule has 2 N–H and O–H groups in total. The molecule has 3 aromatic carbocycles. The molecule has 0 aliphatic heterocycles. The maximum Gasteiger partial charge on any atom is 0.308 e. The summed E-state index contributed by atoms with van der Waals surface area (Å²) in [7, 11) is 0. The van der Waals surface area contributed by atoms with Crippen molar-refractivity contribution in [2.45, 2.75) is 13.0 Å². The van der Waals surface area contributed by atoms with E-state index in [1.807, 2.05) is 42.5 Å². The number of carboxylic acids is 1. The molecule has 3 aromatic rings. The molecule has 0 radical (unpaired) electrons. The van der Waals surface area contributed by atoms with Crippen LogP contribution in [0, 0.1) is 10.1 Å². The van der Waals surface area contributed by atoms with Gasteiger partial charge in [0, 0.05) is 29.2 Å². The number of carboxylic acid groups (broad SMARTS) is 1. The van der Waals surface area contributed by atoms with Crippen molar-refractivity contribution < 1.29 is 14.8 Å². The number of nitrogens with zero attached hydrogens (tertiary/aromatic N) is 1. The second-order valence-corrected chi connectivity index (χ2v) is 5.63. The van der Waals surface area contributed by atoms with Gasteiger partial charge in [0.25, 0.3) is 5.69 Å². The summed E-state index contributed by atoms with van der Waals surface area (Å²) in [6, 6.07) is 18.2. The molecule has 0 unspecified atom stereocenters. The molecule has 0 aliphatic rings. The number of benzene rings is 3. The van der Waals surface area contributed by atoms with Crippen LogP contribution in [-0.2, 0) is 17.8 Å². The van der Waals surface area contributed by atoms with E-state index in [-0.39, 0.29) is 11.3 Å². The standard InChI is InChI=1S/C19H16N2O4/c22-19(23)10-16-14-8-4-5-9-15(14)17(11-18(16)21(24)25)20-12-13-6-2-1-3-7-13/h1-9,11,20H,10,12H2,(H,22,23). The van der Waals surface area contributed by atoms with Crippen molar-refractivity contribution in [3.05, 3.63) is 81.9 Å². The first kappa shape index (κ1) is 16.4. The van der Waals surface area contributed by atoms with Crippen LogP contribution >= 0.6 is 0 Å². The lowest BCUT2D eigenvalue weighted by Crippen LogP contribution is -2.07. The second kappa shape index (κ2) is 7.00. The molecule has 0 amide bonds. The Kier molecular flexibility index (Phi) is 4.61. The van der Waals surface area contributed by atoms with Gasteiger partial charge in [0.15, 0.2) is 0 Å². The van der Waals surface area contributed by atoms with Crippen LogP contribution in [0.25, 0.3) is 10.8 Å². The first-order chi connectivity index (χ1) is 12.1. The molecule has 0 aromatic heterocycles. The Morgan fingerprint density at radius 1 is 1.04 bits per heavy atom. The molecule has 0 spiro atoms. The number of nitro benzene ring substituents is 1. The number of nitro groups is 1. The highest BCUT2D eigenvalue weighted by atomic mass is 16.6. The fourth-order valence-corrected chi connectivity index (χ4v) is 2.86. The van der Waals surface area contributed by atoms with E-state index >= 15 is 0 Å². The van der Waals surface area contributed by atoms with Gasteiger partial charge in [-0.05, 0) is 10.9 Å². The van der Waals surface area contributed by atoms with E-state index in [9.17, 15) is 14.9 Å². The average Bonchev–Trinajstić information content (AvgIpc) is 2.61. The van der Waals surface area contributed by atoms with E-state index in [0.717, 1.165) is 10.9 Å². The molecule has 0 atom stereocenters. The summed E-state index contributed by atoms with van der Waals surface area (Å²) in [5.74, 6) is -1.10. The third kappa shape index (κ3) is 3.58. The number of nitrogens with one attached hydrogen (secondary N) is 1. The lowest BCUT2D eigenvalue weighted by Gasteiger charge is -2.13. The molecule has 25 heavy (non-hydrogen) atoms. The van der Waals surface area contributed by atoms with Gasteiger partial charge in [-0.25, -0.2) is 0 Å². The minimum Gasteiger partial charge on any atom is -0.481 e. The quantitative estimate of drug-likeness (QED) is 0.524. The minimum absolute atomic E-state index is 0.184. The number of carbonyl (C=O) groups is 1. The molecule has 126 valence electrons. The summed E-state index contributed by atoms with van der Waals surface area (Å²) in [6.07, 6.45) is -0.393. The van der Waals surface area contributed by atoms with Crippen molar-refractivity contribution in [1.29, 1.82) is 0 Å². The Bertz CT molecular complexity index is 939. The van der Waals surface area contributed by atoms with E-state index in [2.05, 4.69) is 5.32 Å². The van der Waals surface area contributed by atoms with Crippen molar-refractivity contribution in [1.82, 2.24) is 0 Å². The molecule has 3 rings (SSSR count). The lowest BCUT2D eigenvalue weighted by atomic mass is 9.98. The Hall–Kier alpha value is -3.41. The predicted octanol–water partition coefficient (Wildman–Crippen LogP) is 3.99. The fraction of sp³-hybridized carbons (Fsp3) is 0.105. The van der Waals surface area contributed by atoms with Crippen LogP contribution in [0.5, 0.6) is 0 Å². The Balaban J connectivity index is 2.09. The molecule has 0 fully saturated rings. The highest BCUT2D eigenvalue weighted by molar-refractivity contribution is 6.00. The number of fused-ring (bicyclic) bond motifs is 1. The highest BCUT2D eigenvalue weighted by Gasteiger charge is 2.21. The van der Waals surface area contributed by atoms with Crippen molar-refractivity contribution in [2.75, 3.05) is 5.32 Å². The summed E-state index contributed by atoms with van der Waals surface area (Å²) in [6.45, 7) is 0.514. The van der Waals surface area contributed by atoms with Gasteiger partial charge in [0.2, 0.25) is 0 Å². The summed E-state index contributed by atoms with van der Waals surface area (Å²) in [4.78, 5) is 22.1. The van der Waals surface area contributed by atoms with Crippen LogP contribution < -0.4 is 5.32 Å². The largest absolute Gasteiger partial charge is 0.481 e. The Labute approximate surface area is 143 Å². The van der Waals surface area contributed by atoms with E-state index < -0.39 is 17.3 Å². The molecule has 6 nitrogen and oxygen atoms in total. The average molecular weight is 336 g/mol. The van der Waals surface area contributed by atoms with Crippen molar-refractivity contribution in [3.8, 4) is 0 Å². The SMILES string of the molecule is O=C(O)Cc1c([N+](=O)[O-])cc(NCc2ccccc2)c2ccccc12. The molecule has 0 saturated heterocycles. The topological polar surface area (TPSA) is 92.5 Å². The van der Waals surface area contributed by atoms with Gasteiger partial charge in [0.1, 0.15) is 0 Å². The minimum atomic E-state index is -1.10. The molecule has 0 heterocycles. The Morgan fingerprint density at radius 2 is 1.68 bits per heavy atom. The van der Waals surface area contributed by atoms with Gasteiger partial charge in [-0.15, -0.1) is 0 Å². The number of aliphatic carboxylic acids is 1. The zero-order valence-electron chi connectivity index (χ0n) is 13.3. The normalized spacial score (nSPS) is 10.6. The van der Waals surface area contributed by atoms with Crippen LogP contribution in [0.1, 0.15) is 11.1 Å². The summed E-state index contributed by atoms with van der Waals surface area (Å²) in [5.41, 5.74) is 1.69. The maximum absolute atomic E-state index is 11.5. The van der Waals surface area contributed by atoms with E-state index in [4.69, 9.17) is 5.11 Å².